The number of carbonyl (C=O) groups excluding carboxylic acids is 1. The van der Waals surface area contributed by atoms with E-state index in [2.05, 4.69) is 10.9 Å². The van der Waals surface area contributed by atoms with Gasteiger partial charge in [0.25, 0.3) is 0 Å². The molecule has 1 atom stereocenters. The average Bonchev–Trinajstić information content (AvgIpc) is 2.17. The zero-order valence-corrected chi connectivity index (χ0v) is 8.15. The summed E-state index contributed by atoms with van der Waals surface area (Å²) in [5, 5.41) is 8.85. The van der Waals surface area contributed by atoms with Gasteiger partial charge in [0.2, 0.25) is 0 Å². The molecule has 1 heterocycles. The second kappa shape index (κ2) is 3.43. The Morgan fingerprint density at radius 1 is 1.60 bits per heavy atom. The molecule has 0 spiro atoms. The molecule has 2 N–H and O–H groups in total. The Morgan fingerprint density at radius 2 is 2.33 bits per heavy atom. The number of ketones is 1. The highest BCUT2D eigenvalue weighted by Crippen LogP contribution is 2.28. The van der Waals surface area contributed by atoms with Gasteiger partial charge in [-0.3, -0.25) is 15.0 Å². The topological polar surface area (TPSA) is 80.5 Å². The summed E-state index contributed by atoms with van der Waals surface area (Å²) in [6.07, 6.45) is 4.28. The monoisotopic (exact) mass is 225 g/mol. The first-order chi connectivity index (χ1) is 7.11. The highest BCUT2D eigenvalue weighted by atomic mass is 35.5. The van der Waals surface area contributed by atoms with E-state index in [9.17, 15) is 9.59 Å². The van der Waals surface area contributed by atoms with E-state index in [4.69, 9.17) is 16.7 Å². The molecule has 77 valence electrons. The molecule has 0 amide bonds. The van der Waals surface area contributed by atoms with Crippen molar-refractivity contribution in [2.24, 2.45) is 5.92 Å². The molecule has 15 heavy (non-hydrogen) atoms. The molecule has 1 radical (unpaired) electrons. The van der Waals surface area contributed by atoms with E-state index in [-0.39, 0.29) is 10.7 Å². The lowest BCUT2D eigenvalue weighted by Crippen LogP contribution is -2.33. The van der Waals surface area contributed by atoms with E-state index < -0.39 is 17.7 Å². The normalized spacial score (nSPS) is 23.9. The summed E-state index contributed by atoms with van der Waals surface area (Å²) >= 11 is 5.74. The molecular formula is C9H6ClN2O3. The molecule has 0 saturated heterocycles. The van der Waals surface area contributed by atoms with Gasteiger partial charge in [0.05, 0.1) is 11.8 Å². The Labute approximate surface area is 90.1 Å². The molecule has 2 aliphatic rings. The maximum atomic E-state index is 11.7. The number of carbonyl (C=O) groups is 2. The number of carboxylic acid groups (broad SMARTS) is 1. The number of nitrogens with one attached hydrogen (secondary N) is 1. The number of rotatable bonds is 1. The smallest absolute Gasteiger partial charge is 0.318 e. The Bertz CT molecular complexity index is 437. The Kier molecular flexibility index (Phi) is 2.24. The maximum Gasteiger partial charge on any atom is 0.318 e. The minimum absolute atomic E-state index is 0.0631. The van der Waals surface area contributed by atoms with Crippen molar-refractivity contribution in [3.05, 3.63) is 34.7 Å². The summed E-state index contributed by atoms with van der Waals surface area (Å²) < 4.78 is 0. The van der Waals surface area contributed by atoms with E-state index in [0.29, 0.717) is 5.57 Å². The maximum absolute atomic E-state index is 11.7. The van der Waals surface area contributed by atoms with Crippen LogP contribution in [-0.2, 0) is 9.59 Å². The Hall–Kier alpha value is -1.75. The predicted molar refractivity (Wildman–Crippen MR) is 51.5 cm³/mol. The molecule has 0 aromatic carbocycles. The van der Waals surface area contributed by atoms with Crippen LogP contribution in [0.3, 0.4) is 0 Å². The van der Waals surface area contributed by atoms with Crippen LogP contribution in [0.25, 0.3) is 0 Å². The van der Waals surface area contributed by atoms with Crippen LogP contribution in [0.2, 0.25) is 0 Å². The summed E-state index contributed by atoms with van der Waals surface area (Å²) in [6.45, 7) is 0. The lowest BCUT2D eigenvalue weighted by molar-refractivity contribution is -0.143. The third-order valence-corrected chi connectivity index (χ3v) is 2.41. The van der Waals surface area contributed by atoms with Gasteiger partial charge in [-0.2, -0.15) is 5.43 Å². The van der Waals surface area contributed by atoms with Gasteiger partial charge in [-0.1, -0.05) is 23.8 Å². The van der Waals surface area contributed by atoms with Gasteiger partial charge in [0.15, 0.2) is 5.78 Å². The number of aliphatic carboxylic acids is 1. The van der Waals surface area contributed by atoms with Crippen molar-refractivity contribution >= 4 is 23.4 Å². The van der Waals surface area contributed by atoms with Crippen LogP contribution in [-0.4, -0.2) is 16.9 Å². The summed E-state index contributed by atoms with van der Waals surface area (Å²) in [4.78, 5) is 22.5. The van der Waals surface area contributed by atoms with Crippen LogP contribution < -0.4 is 10.9 Å². The van der Waals surface area contributed by atoms with Crippen molar-refractivity contribution < 1.29 is 14.7 Å². The average molecular weight is 226 g/mol. The Balaban J connectivity index is 2.49. The van der Waals surface area contributed by atoms with E-state index in [1.807, 2.05) is 0 Å². The van der Waals surface area contributed by atoms with E-state index >= 15 is 0 Å². The third-order valence-electron chi connectivity index (χ3n) is 2.14. The van der Waals surface area contributed by atoms with Gasteiger partial charge in [0.1, 0.15) is 11.1 Å². The van der Waals surface area contributed by atoms with Crippen LogP contribution >= 0.6 is 11.6 Å². The fourth-order valence-electron chi connectivity index (χ4n) is 1.42. The first-order valence-electron chi connectivity index (χ1n) is 4.12. The number of hydrogen-bond acceptors (Lipinski definition) is 3. The highest BCUT2D eigenvalue weighted by molar-refractivity contribution is 6.33. The molecule has 2 rings (SSSR count). The molecule has 6 heteroatoms. The molecule has 1 aliphatic heterocycles. The highest BCUT2D eigenvalue weighted by Gasteiger charge is 2.34. The summed E-state index contributed by atoms with van der Waals surface area (Å²) in [5.41, 5.74) is 6.82. The second-order valence-electron chi connectivity index (χ2n) is 3.05. The number of fused-ring (bicyclic) bond motifs is 1. The number of halogens is 1. The summed E-state index contributed by atoms with van der Waals surface area (Å²) in [6, 6.07) is 0. The number of allylic oxidation sites excluding steroid dienone is 3. The number of carboxylic acids is 1. The van der Waals surface area contributed by atoms with Gasteiger partial charge in [-0.15, -0.1) is 0 Å². The quantitative estimate of drug-likeness (QED) is 0.496. The number of hydrogen-bond donors (Lipinski definition) is 2. The standard InChI is InChI=1S/C9H6ClN2O3/c10-8-6-4(3-11-12-8)1-2-5(7(6)13)9(14)15/h1-3,5,12H,(H,14,15). The predicted octanol–water partition coefficient (Wildman–Crippen LogP) is 0.283. The first kappa shape index (κ1) is 9.79. The van der Waals surface area contributed by atoms with Crippen molar-refractivity contribution in [1.82, 2.24) is 10.9 Å². The van der Waals surface area contributed by atoms with Gasteiger partial charge < -0.3 is 5.11 Å². The Morgan fingerprint density at radius 3 is 3.00 bits per heavy atom. The summed E-state index contributed by atoms with van der Waals surface area (Å²) in [7, 11) is 0. The van der Waals surface area contributed by atoms with Crippen molar-refractivity contribution in [2.75, 3.05) is 0 Å². The molecule has 0 aromatic rings. The molecule has 0 fully saturated rings. The number of Topliss-reactive ketones (excluding diaryl/α,β-unsaturated/α-hetero) is 1. The largest absolute Gasteiger partial charge is 0.480 e. The fraction of sp³-hybridized carbons (Fsp3) is 0.111. The van der Waals surface area contributed by atoms with Crippen LogP contribution in [0.4, 0.5) is 0 Å². The first-order valence-corrected chi connectivity index (χ1v) is 4.50. The van der Waals surface area contributed by atoms with Gasteiger partial charge in [0, 0.05) is 5.57 Å². The molecule has 0 bridgehead atoms. The minimum Gasteiger partial charge on any atom is -0.480 e. The van der Waals surface area contributed by atoms with Gasteiger partial charge in [-0.25, -0.2) is 0 Å². The third kappa shape index (κ3) is 1.50. The van der Waals surface area contributed by atoms with Crippen LogP contribution in [0.1, 0.15) is 0 Å². The van der Waals surface area contributed by atoms with Gasteiger partial charge >= 0.3 is 5.97 Å². The van der Waals surface area contributed by atoms with Crippen molar-refractivity contribution in [2.45, 2.75) is 0 Å². The minimum atomic E-state index is -1.19. The molecule has 0 saturated carbocycles. The fourth-order valence-corrected chi connectivity index (χ4v) is 1.67. The van der Waals surface area contributed by atoms with E-state index in [1.165, 1.54) is 18.4 Å². The molecule has 1 unspecified atom stereocenters. The zero-order chi connectivity index (χ0) is 11.0. The van der Waals surface area contributed by atoms with E-state index in [0.717, 1.165) is 0 Å². The molecule has 0 aromatic heterocycles. The molecular weight excluding hydrogens is 220 g/mol. The van der Waals surface area contributed by atoms with Gasteiger partial charge in [-0.05, 0) is 0 Å². The van der Waals surface area contributed by atoms with Crippen LogP contribution in [0.15, 0.2) is 34.7 Å². The van der Waals surface area contributed by atoms with Crippen molar-refractivity contribution in [3.8, 4) is 0 Å². The SMILES string of the molecule is O=C(O)C1C=CC2=C[N]NC(Cl)=C2C1=O. The second-order valence-corrected chi connectivity index (χ2v) is 3.43. The lowest BCUT2D eigenvalue weighted by Gasteiger charge is -2.21. The van der Waals surface area contributed by atoms with E-state index in [1.54, 1.807) is 0 Å². The summed E-state index contributed by atoms with van der Waals surface area (Å²) in [5.74, 6) is -2.87. The molecule has 5 nitrogen and oxygen atoms in total. The zero-order valence-electron chi connectivity index (χ0n) is 7.40. The van der Waals surface area contributed by atoms with Crippen molar-refractivity contribution in [3.63, 3.8) is 0 Å². The van der Waals surface area contributed by atoms with Crippen LogP contribution in [0, 0.1) is 5.92 Å². The van der Waals surface area contributed by atoms with Crippen molar-refractivity contribution in [1.29, 1.82) is 0 Å². The number of nitrogens with zero attached hydrogens (tertiary/aromatic N) is 1. The molecule has 1 aliphatic carbocycles. The lowest BCUT2D eigenvalue weighted by atomic mass is 9.87. The van der Waals surface area contributed by atoms with Crippen LogP contribution in [0.5, 0.6) is 0 Å².